The zero-order valence-electron chi connectivity index (χ0n) is 13.6. The van der Waals surface area contributed by atoms with Gasteiger partial charge < -0.3 is 10.2 Å². The predicted molar refractivity (Wildman–Crippen MR) is 91.7 cm³/mol. The number of rotatable bonds is 6. The number of unbranched alkanes of at least 4 members (excludes halogenated alkanes) is 1. The first kappa shape index (κ1) is 17.8. The Morgan fingerprint density at radius 1 is 1.22 bits per heavy atom. The summed E-state index contributed by atoms with van der Waals surface area (Å²) in [6.07, 6.45) is 2.08. The highest BCUT2D eigenvalue weighted by atomic mass is 35.5. The molecule has 1 aromatic rings. The van der Waals surface area contributed by atoms with Crippen LogP contribution in [0, 0.1) is 0 Å². The maximum Gasteiger partial charge on any atom is 0.253 e. The van der Waals surface area contributed by atoms with E-state index in [9.17, 15) is 9.59 Å². The molecule has 0 radical (unpaired) electrons. The van der Waals surface area contributed by atoms with Crippen molar-refractivity contribution in [2.24, 2.45) is 0 Å². The molecule has 6 heteroatoms. The average Bonchev–Trinajstić information content (AvgIpc) is 2.55. The van der Waals surface area contributed by atoms with Gasteiger partial charge in [-0.15, -0.1) is 0 Å². The summed E-state index contributed by atoms with van der Waals surface area (Å²) in [6, 6.07) is 7.01. The molecule has 1 heterocycles. The molecule has 1 aliphatic rings. The normalized spacial score (nSPS) is 15.5. The van der Waals surface area contributed by atoms with E-state index < -0.39 is 0 Å². The fourth-order valence-corrected chi connectivity index (χ4v) is 2.77. The van der Waals surface area contributed by atoms with Crippen molar-refractivity contribution in [1.29, 1.82) is 0 Å². The second-order valence-electron chi connectivity index (χ2n) is 5.78. The molecule has 1 saturated heterocycles. The molecular formula is C17H24ClN3O2. The molecule has 1 aliphatic heterocycles. The van der Waals surface area contributed by atoms with Gasteiger partial charge in [-0.3, -0.25) is 14.5 Å². The largest absolute Gasteiger partial charge is 0.355 e. The van der Waals surface area contributed by atoms with Gasteiger partial charge >= 0.3 is 0 Å². The number of carbonyl (C=O) groups is 2. The molecule has 0 atom stereocenters. The fraction of sp³-hybridized carbons (Fsp3) is 0.529. The molecule has 126 valence electrons. The number of hydrogen-bond donors (Lipinski definition) is 1. The Hall–Kier alpha value is -1.59. The van der Waals surface area contributed by atoms with Crippen molar-refractivity contribution in [2.75, 3.05) is 39.3 Å². The minimum Gasteiger partial charge on any atom is -0.355 e. The number of amides is 2. The molecule has 5 nitrogen and oxygen atoms in total. The van der Waals surface area contributed by atoms with Crippen LogP contribution in [0.5, 0.6) is 0 Å². The molecule has 1 N–H and O–H groups in total. The van der Waals surface area contributed by atoms with Crippen LogP contribution >= 0.6 is 11.6 Å². The second kappa shape index (κ2) is 8.89. The highest BCUT2D eigenvalue weighted by Crippen LogP contribution is 2.14. The lowest BCUT2D eigenvalue weighted by atomic mass is 10.2. The second-order valence-corrected chi connectivity index (χ2v) is 6.22. The first-order chi connectivity index (χ1) is 11.1. The maximum atomic E-state index is 12.4. The van der Waals surface area contributed by atoms with Crippen LogP contribution in [-0.4, -0.2) is 60.9 Å². The summed E-state index contributed by atoms with van der Waals surface area (Å²) in [7, 11) is 0. The van der Waals surface area contributed by atoms with Crippen molar-refractivity contribution >= 4 is 23.4 Å². The minimum atomic E-state index is -0.000419. The van der Waals surface area contributed by atoms with Crippen LogP contribution in [-0.2, 0) is 4.79 Å². The lowest BCUT2D eigenvalue weighted by molar-refractivity contribution is -0.122. The molecule has 0 spiro atoms. The molecule has 1 aromatic carbocycles. The number of nitrogens with one attached hydrogen (secondary N) is 1. The van der Waals surface area contributed by atoms with Gasteiger partial charge in [0.2, 0.25) is 5.91 Å². The lowest BCUT2D eigenvalue weighted by Crippen LogP contribution is -2.51. The topological polar surface area (TPSA) is 52.7 Å². The first-order valence-corrected chi connectivity index (χ1v) is 8.52. The van der Waals surface area contributed by atoms with Crippen molar-refractivity contribution in [1.82, 2.24) is 15.1 Å². The van der Waals surface area contributed by atoms with E-state index in [0.717, 1.165) is 19.4 Å². The predicted octanol–water partition coefficient (Wildman–Crippen LogP) is 2.01. The molecule has 0 aliphatic carbocycles. The highest BCUT2D eigenvalue weighted by molar-refractivity contribution is 6.30. The van der Waals surface area contributed by atoms with Gasteiger partial charge in [0, 0.05) is 43.3 Å². The van der Waals surface area contributed by atoms with Crippen LogP contribution in [0.4, 0.5) is 0 Å². The van der Waals surface area contributed by atoms with E-state index in [0.29, 0.717) is 43.3 Å². The van der Waals surface area contributed by atoms with Crippen molar-refractivity contribution in [3.8, 4) is 0 Å². The van der Waals surface area contributed by atoms with Crippen molar-refractivity contribution in [2.45, 2.75) is 19.8 Å². The summed E-state index contributed by atoms with van der Waals surface area (Å²) in [5.74, 6) is 0.0626. The van der Waals surface area contributed by atoms with E-state index in [2.05, 4.69) is 17.1 Å². The van der Waals surface area contributed by atoms with E-state index in [1.54, 1.807) is 24.3 Å². The van der Waals surface area contributed by atoms with Crippen molar-refractivity contribution < 1.29 is 9.59 Å². The number of hydrogen-bond acceptors (Lipinski definition) is 3. The van der Waals surface area contributed by atoms with Gasteiger partial charge in [-0.2, -0.15) is 0 Å². The quantitative estimate of drug-likeness (QED) is 0.808. The molecule has 0 bridgehead atoms. The molecule has 0 unspecified atom stereocenters. The number of carbonyl (C=O) groups excluding carboxylic acids is 2. The highest BCUT2D eigenvalue weighted by Gasteiger charge is 2.23. The first-order valence-electron chi connectivity index (χ1n) is 8.14. The number of nitrogens with zero attached hydrogens (tertiary/aromatic N) is 2. The van der Waals surface area contributed by atoms with Gasteiger partial charge in [-0.25, -0.2) is 0 Å². The SMILES string of the molecule is CCCCNC(=O)CN1CCN(C(=O)c2cccc(Cl)c2)CC1. The zero-order valence-corrected chi connectivity index (χ0v) is 14.3. The van der Waals surface area contributed by atoms with Gasteiger partial charge in [0.1, 0.15) is 0 Å². The number of benzene rings is 1. The van der Waals surface area contributed by atoms with E-state index in [-0.39, 0.29) is 11.8 Å². The minimum absolute atomic E-state index is 0.000419. The van der Waals surface area contributed by atoms with Crippen molar-refractivity contribution in [3.05, 3.63) is 34.9 Å². The van der Waals surface area contributed by atoms with Gasteiger partial charge in [0.15, 0.2) is 0 Å². The van der Waals surface area contributed by atoms with Crippen LogP contribution in [0.2, 0.25) is 5.02 Å². The molecular weight excluding hydrogens is 314 g/mol. The Labute approximate surface area is 142 Å². The summed E-state index contributed by atoms with van der Waals surface area (Å²) < 4.78 is 0. The van der Waals surface area contributed by atoms with E-state index in [4.69, 9.17) is 11.6 Å². The third-order valence-electron chi connectivity index (χ3n) is 3.95. The third kappa shape index (κ3) is 5.52. The lowest BCUT2D eigenvalue weighted by Gasteiger charge is -2.34. The van der Waals surface area contributed by atoms with E-state index >= 15 is 0 Å². The maximum absolute atomic E-state index is 12.4. The van der Waals surface area contributed by atoms with E-state index in [1.165, 1.54) is 0 Å². The third-order valence-corrected chi connectivity index (χ3v) is 4.19. The monoisotopic (exact) mass is 337 g/mol. The van der Waals surface area contributed by atoms with Gasteiger partial charge in [0.05, 0.1) is 6.54 Å². The van der Waals surface area contributed by atoms with Gasteiger partial charge in [-0.05, 0) is 24.6 Å². The summed E-state index contributed by atoms with van der Waals surface area (Å²) >= 11 is 5.94. The van der Waals surface area contributed by atoms with Crippen LogP contribution in [0.3, 0.4) is 0 Å². The fourth-order valence-electron chi connectivity index (χ4n) is 2.58. The van der Waals surface area contributed by atoms with Crippen molar-refractivity contribution in [3.63, 3.8) is 0 Å². The van der Waals surface area contributed by atoms with Crippen LogP contribution in [0.1, 0.15) is 30.1 Å². The van der Waals surface area contributed by atoms with Gasteiger partial charge in [0.25, 0.3) is 5.91 Å². The Balaban J connectivity index is 1.77. The molecule has 2 amide bonds. The smallest absolute Gasteiger partial charge is 0.253 e. The summed E-state index contributed by atoms with van der Waals surface area (Å²) in [5.41, 5.74) is 0.614. The zero-order chi connectivity index (χ0) is 16.7. The Morgan fingerprint density at radius 2 is 1.96 bits per heavy atom. The average molecular weight is 338 g/mol. The molecule has 23 heavy (non-hydrogen) atoms. The molecule has 0 saturated carbocycles. The van der Waals surface area contributed by atoms with Crippen LogP contribution < -0.4 is 5.32 Å². The number of piperazine rings is 1. The van der Waals surface area contributed by atoms with Crippen LogP contribution in [0.15, 0.2) is 24.3 Å². The molecule has 0 aromatic heterocycles. The summed E-state index contributed by atoms with van der Waals surface area (Å²) in [5, 5.41) is 3.49. The number of halogens is 1. The Morgan fingerprint density at radius 3 is 2.61 bits per heavy atom. The Bertz CT molecular complexity index is 542. The van der Waals surface area contributed by atoms with Gasteiger partial charge in [-0.1, -0.05) is 31.0 Å². The molecule has 2 rings (SSSR count). The van der Waals surface area contributed by atoms with Crippen LogP contribution in [0.25, 0.3) is 0 Å². The standard InChI is InChI=1S/C17H24ClN3O2/c1-2-3-7-19-16(22)13-20-8-10-21(11-9-20)17(23)14-5-4-6-15(18)12-14/h4-6,12H,2-3,7-11,13H2,1H3,(H,19,22). The molecule has 1 fully saturated rings. The summed E-state index contributed by atoms with van der Waals surface area (Å²) in [4.78, 5) is 28.1. The Kier molecular flexibility index (Phi) is 6.86. The summed E-state index contributed by atoms with van der Waals surface area (Å²) in [6.45, 7) is 5.94. The van der Waals surface area contributed by atoms with E-state index in [1.807, 2.05) is 4.90 Å².